The maximum absolute atomic E-state index is 12.2. The number of hydrogen-bond donors (Lipinski definition) is 0. The number of aromatic nitrogens is 1. The lowest BCUT2D eigenvalue weighted by Crippen LogP contribution is -2.10. The van der Waals surface area contributed by atoms with Gasteiger partial charge in [-0.05, 0) is 48.7 Å². The Morgan fingerprint density at radius 2 is 1.68 bits per heavy atom. The van der Waals surface area contributed by atoms with Crippen molar-refractivity contribution < 1.29 is 14.3 Å². The topological polar surface area (TPSA) is 48.4 Å². The summed E-state index contributed by atoms with van der Waals surface area (Å²) < 4.78 is 11.3. The smallest absolute Gasteiger partial charge is 0.356 e. The molecule has 0 N–H and O–H groups in total. The van der Waals surface area contributed by atoms with Crippen molar-refractivity contribution in [1.82, 2.24) is 4.98 Å². The first kappa shape index (κ1) is 22.8. The molecule has 0 atom stereocenters. The van der Waals surface area contributed by atoms with Crippen molar-refractivity contribution in [3.05, 3.63) is 71.4 Å². The maximum Gasteiger partial charge on any atom is 0.356 e. The van der Waals surface area contributed by atoms with E-state index in [2.05, 4.69) is 18.8 Å². The molecule has 31 heavy (non-hydrogen) atoms. The molecule has 0 saturated carbocycles. The molecule has 0 aliphatic heterocycles. The monoisotopic (exact) mass is 437 g/mol. The van der Waals surface area contributed by atoms with Gasteiger partial charge >= 0.3 is 5.97 Å². The summed E-state index contributed by atoms with van der Waals surface area (Å²) >= 11 is 6.35. The second kappa shape index (κ2) is 11.0. The minimum absolute atomic E-state index is 0.283. The molecule has 0 aliphatic carbocycles. The van der Waals surface area contributed by atoms with Crippen molar-refractivity contribution in [2.24, 2.45) is 5.92 Å². The fraction of sp³-hybridized carbons (Fsp3) is 0.308. The zero-order valence-corrected chi connectivity index (χ0v) is 19.0. The molecule has 0 spiro atoms. The lowest BCUT2D eigenvalue weighted by atomic mass is 9.96. The van der Waals surface area contributed by atoms with E-state index >= 15 is 0 Å². The first-order valence-corrected chi connectivity index (χ1v) is 11.1. The zero-order chi connectivity index (χ0) is 22.2. The minimum atomic E-state index is -0.432. The first-order valence-electron chi connectivity index (χ1n) is 10.7. The van der Waals surface area contributed by atoms with E-state index in [1.807, 2.05) is 54.6 Å². The van der Waals surface area contributed by atoms with Gasteiger partial charge in [0.15, 0.2) is 0 Å². The van der Waals surface area contributed by atoms with Crippen LogP contribution in [-0.2, 0) is 4.74 Å². The Hall–Kier alpha value is -2.85. The van der Waals surface area contributed by atoms with E-state index in [9.17, 15) is 4.79 Å². The molecule has 4 nitrogen and oxygen atoms in total. The summed E-state index contributed by atoms with van der Waals surface area (Å²) in [6.07, 6.45) is 2.14. The van der Waals surface area contributed by atoms with E-state index in [-0.39, 0.29) is 5.69 Å². The predicted octanol–water partition coefficient (Wildman–Crippen LogP) is 7.06. The van der Waals surface area contributed by atoms with Crippen LogP contribution < -0.4 is 4.74 Å². The highest BCUT2D eigenvalue weighted by Crippen LogP contribution is 2.38. The molecule has 1 heterocycles. The summed E-state index contributed by atoms with van der Waals surface area (Å²) in [5, 5.41) is 0.632. The van der Waals surface area contributed by atoms with Gasteiger partial charge < -0.3 is 9.47 Å². The van der Waals surface area contributed by atoms with Crippen LogP contribution in [0.1, 0.15) is 44.1 Å². The van der Waals surface area contributed by atoms with E-state index in [0.29, 0.717) is 29.8 Å². The van der Waals surface area contributed by atoms with E-state index in [0.717, 1.165) is 35.3 Å². The molecule has 0 bridgehead atoms. The largest absolute Gasteiger partial charge is 0.493 e. The summed E-state index contributed by atoms with van der Waals surface area (Å²) in [7, 11) is 0. The molecule has 1 aromatic heterocycles. The molecule has 0 saturated heterocycles. The molecule has 0 radical (unpaired) electrons. The molecule has 0 unspecified atom stereocenters. The van der Waals surface area contributed by atoms with Gasteiger partial charge in [0.25, 0.3) is 0 Å². The number of carbonyl (C=O) groups excluding carboxylic acids is 1. The number of hydrogen-bond acceptors (Lipinski definition) is 4. The lowest BCUT2D eigenvalue weighted by molar-refractivity contribution is 0.0519. The van der Waals surface area contributed by atoms with E-state index in [4.69, 9.17) is 21.1 Å². The summed E-state index contributed by atoms with van der Waals surface area (Å²) in [5.74, 6) is 0.853. The van der Waals surface area contributed by atoms with Gasteiger partial charge in [-0.1, -0.05) is 68.6 Å². The minimum Gasteiger partial charge on any atom is -0.493 e. The van der Waals surface area contributed by atoms with Crippen LogP contribution in [0, 0.1) is 5.92 Å². The summed E-state index contributed by atoms with van der Waals surface area (Å²) in [6, 6.07) is 19.0. The third kappa shape index (κ3) is 5.65. The van der Waals surface area contributed by atoms with E-state index in [1.54, 1.807) is 13.0 Å². The van der Waals surface area contributed by atoms with Crippen molar-refractivity contribution in [3.63, 3.8) is 0 Å². The number of ether oxygens (including phenoxy) is 2. The Balaban J connectivity index is 2.04. The first-order chi connectivity index (χ1) is 15.1. The van der Waals surface area contributed by atoms with Gasteiger partial charge in [-0.3, -0.25) is 0 Å². The van der Waals surface area contributed by atoms with Crippen LogP contribution in [0.4, 0.5) is 0 Å². The van der Waals surface area contributed by atoms with Gasteiger partial charge in [0.05, 0.1) is 18.9 Å². The number of carbonyl (C=O) groups is 1. The Morgan fingerprint density at radius 3 is 2.39 bits per heavy atom. The van der Waals surface area contributed by atoms with Crippen molar-refractivity contribution in [2.75, 3.05) is 13.2 Å². The molecule has 0 amide bonds. The number of benzene rings is 2. The highest BCUT2D eigenvalue weighted by molar-refractivity contribution is 6.31. The molecule has 162 valence electrons. The van der Waals surface area contributed by atoms with Crippen molar-refractivity contribution in [3.8, 4) is 28.1 Å². The predicted molar refractivity (Wildman–Crippen MR) is 126 cm³/mol. The SMILES string of the molecule is CCOC(=O)c1cccc(-c2ccccc2-c2cc(Cl)ccc2OCC(CC)CC)n1. The number of nitrogens with zero attached hydrogens (tertiary/aromatic N) is 1. The summed E-state index contributed by atoms with van der Waals surface area (Å²) in [4.78, 5) is 16.7. The molecule has 3 aromatic rings. The molecule has 0 aliphatic rings. The Kier molecular flexibility index (Phi) is 8.07. The highest BCUT2D eigenvalue weighted by Gasteiger charge is 2.16. The standard InChI is InChI=1S/C26H28ClNO3/c1-4-18(5-2)17-31-25-15-14-19(27)16-22(25)20-10-7-8-11-21(20)23-12-9-13-24(28-23)26(29)30-6-3/h7-16,18H,4-6,17H2,1-3H3. The Morgan fingerprint density at radius 1 is 0.935 bits per heavy atom. The van der Waals surface area contributed by atoms with E-state index < -0.39 is 5.97 Å². The van der Waals surface area contributed by atoms with Gasteiger partial charge in [-0.2, -0.15) is 0 Å². The van der Waals surface area contributed by atoms with Crippen LogP contribution in [0.25, 0.3) is 22.4 Å². The van der Waals surface area contributed by atoms with Crippen LogP contribution >= 0.6 is 11.6 Å². The molecular weight excluding hydrogens is 410 g/mol. The average molecular weight is 438 g/mol. The molecule has 2 aromatic carbocycles. The van der Waals surface area contributed by atoms with Gasteiger partial charge in [-0.15, -0.1) is 0 Å². The summed E-state index contributed by atoms with van der Waals surface area (Å²) in [6.45, 7) is 7.09. The van der Waals surface area contributed by atoms with Crippen molar-refractivity contribution in [2.45, 2.75) is 33.6 Å². The van der Waals surface area contributed by atoms with Crippen molar-refractivity contribution in [1.29, 1.82) is 0 Å². The van der Waals surface area contributed by atoms with Gasteiger partial charge in [0, 0.05) is 16.1 Å². The zero-order valence-electron chi connectivity index (χ0n) is 18.2. The van der Waals surface area contributed by atoms with Crippen LogP contribution in [0.5, 0.6) is 5.75 Å². The molecule has 5 heteroatoms. The third-order valence-electron chi connectivity index (χ3n) is 5.30. The average Bonchev–Trinajstić information content (AvgIpc) is 2.80. The maximum atomic E-state index is 12.2. The number of pyridine rings is 1. The Labute approximate surface area is 189 Å². The van der Waals surface area contributed by atoms with Crippen LogP contribution in [0.3, 0.4) is 0 Å². The highest BCUT2D eigenvalue weighted by atomic mass is 35.5. The lowest BCUT2D eigenvalue weighted by Gasteiger charge is -2.18. The van der Waals surface area contributed by atoms with Gasteiger partial charge in [0.1, 0.15) is 11.4 Å². The third-order valence-corrected chi connectivity index (χ3v) is 5.53. The molecular formula is C26H28ClNO3. The van der Waals surface area contributed by atoms with Crippen LogP contribution in [0.2, 0.25) is 5.02 Å². The van der Waals surface area contributed by atoms with Crippen LogP contribution in [-0.4, -0.2) is 24.2 Å². The summed E-state index contributed by atoms with van der Waals surface area (Å²) in [5.41, 5.74) is 3.70. The van der Waals surface area contributed by atoms with Crippen molar-refractivity contribution >= 4 is 17.6 Å². The second-order valence-electron chi connectivity index (χ2n) is 7.31. The fourth-order valence-corrected chi connectivity index (χ4v) is 3.59. The van der Waals surface area contributed by atoms with Gasteiger partial charge in [0.2, 0.25) is 0 Å². The number of esters is 1. The quantitative estimate of drug-likeness (QED) is 0.336. The van der Waals surface area contributed by atoms with Gasteiger partial charge in [-0.25, -0.2) is 9.78 Å². The molecule has 3 rings (SSSR count). The van der Waals surface area contributed by atoms with E-state index in [1.165, 1.54) is 0 Å². The fourth-order valence-electron chi connectivity index (χ4n) is 3.42. The number of rotatable bonds is 9. The Bertz CT molecular complexity index is 1030. The molecule has 0 fully saturated rings. The van der Waals surface area contributed by atoms with Crippen LogP contribution in [0.15, 0.2) is 60.7 Å². The normalized spacial score (nSPS) is 10.9. The number of halogens is 1. The second-order valence-corrected chi connectivity index (χ2v) is 7.74.